The first kappa shape index (κ1) is 11.8. The van der Waals surface area contributed by atoms with E-state index in [9.17, 15) is 9.50 Å². The highest BCUT2D eigenvalue weighted by molar-refractivity contribution is 6.30. The van der Waals surface area contributed by atoms with E-state index in [1.807, 2.05) is 0 Å². The van der Waals surface area contributed by atoms with E-state index in [1.165, 1.54) is 18.2 Å². The number of hydrogen-bond donors (Lipinski definition) is 2. The molecule has 2 nitrogen and oxygen atoms in total. The van der Waals surface area contributed by atoms with Gasteiger partial charge in [0.2, 0.25) is 0 Å². The largest absolute Gasteiger partial charge is 0.388 e. The normalized spacial score (nSPS) is 19.7. The Balaban J connectivity index is 2.18. The molecule has 1 aliphatic heterocycles. The topological polar surface area (TPSA) is 32.3 Å². The first-order chi connectivity index (χ1) is 7.68. The molecule has 0 aromatic heterocycles. The van der Waals surface area contributed by atoms with Gasteiger partial charge in [0.1, 0.15) is 5.82 Å². The van der Waals surface area contributed by atoms with Crippen LogP contribution in [-0.2, 0) is 0 Å². The summed E-state index contributed by atoms with van der Waals surface area (Å²) in [5.74, 6) is -0.260. The van der Waals surface area contributed by atoms with Crippen LogP contribution >= 0.6 is 11.6 Å². The van der Waals surface area contributed by atoms with E-state index in [0.29, 0.717) is 10.6 Å². The second kappa shape index (κ2) is 5.13. The van der Waals surface area contributed by atoms with Gasteiger partial charge in [-0.2, -0.15) is 0 Å². The van der Waals surface area contributed by atoms with Gasteiger partial charge in [0.05, 0.1) is 6.10 Å². The summed E-state index contributed by atoms with van der Waals surface area (Å²) in [4.78, 5) is 0. The smallest absolute Gasteiger partial charge is 0.129 e. The summed E-state index contributed by atoms with van der Waals surface area (Å²) >= 11 is 5.81. The SMILES string of the molecule is O[C@@H](c1cc(Cl)ccc1F)C1CCNCC1. The molecule has 0 amide bonds. The summed E-state index contributed by atoms with van der Waals surface area (Å²) in [6.45, 7) is 1.76. The molecular weight excluding hydrogens is 229 g/mol. The van der Waals surface area contributed by atoms with Crippen molar-refractivity contribution in [3.63, 3.8) is 0 Å². The van der Waals surface area contributed by atoms with E-state index in [-0.39, 0.29) is 11.7 Å². The van der Waals surface area contributed by atoms with Crippen molar-refractivity contribution in [3.8, 4) is 0 Å². The summed E-state index contributed by atoms with van der Waals surface area (Å²) in [6.07, 6.45) is 0.987. The monoisotopic (exact) mass is 243 g/mol. The van der Waals surface area contributed by atoms with Gasteiger partial charge in [-0.1, -0.05) is 11.6 Å². The Kier molecular flexibility index (Phi) is 3.79. The molecular formula is C12H15ClFNO. The Bertz CT molecular complexity index is 366. The third-order valence-corrected chi connectivity index (χ3v) is 3.34. The second-order valence-electron chi connectivity index (χ2n) is 4.20. The maximum Gasteiger partial charge on any atom is 0.129 e. The molecule has 1 aliphatic rings. The van der Waals surface area contributed by atoms with Crippen LogP contribution in [0.4, 0.5) is 4.39 Å². The minimum atomic E-state index is -0.749. The predicted octanol–water partition coefficient (Wildman–Crippen LogP) is 2.51. The molecule has 16 heavy (non-hydrogen) atoms. The number of nitrogens with one attached hydrogen (secondary N) is 1. The molecule has 0 radical (unpaired) electrons. The first-order valence-electron chi connectivity index (χ1n) is 5.52. The van der Waals surface area contributed by atoms with Crippen LogP contribution in [0.1, 0.15) is 24.5 Å². The van der Waals surface area contributed by atoms with Crippen LogP contribution in [0.3, 0.4) is 0 Å². The number of benzene rings is 1. The fourth-order valence-electron chi connectivity index (χ4n) is 2.16. The highest BCUT2D eigenvalue weighted by Gasteiger charge is 2.25. The summed E-state index contributed by atoms with van der Waals surface area (Å²) in [6, 6.07) is 4.32. The highest BCUT2D eigenvalue weighted by atomic mass is 35.5. The molecule has 2 N–H and O–H groups in total. The standard InChI is InChI=1S/C12H15ClFNO/c13-9-1-2-11(14)10(7-9)12(16)8-3-5-15-6-4-8/h1-2,7-8,12,15-16H,3-6H2/t12-/m1/s1. The molecule has 0 bridgehead atoms. The number of hydrogen-bond acceptors (Lipinski definition) is 2. The van der Waals surface area contributed by atoms with Crippen molar-refractivity contribution in [2.24, 2.45) is 5.92 Å². The maximum atomic E-state index is 13.5. The molecule has 1 atom stereocenters. The van der Waals surface area contributed by atoms with E-state index < -0.39 is 6.10 Å². The highest BCUT2D eigenvalue weighted by Crippen LogP contribution is 2.31. The molecule has 88 valence electrons. The minimum absolute atomic E-state index is 0.120. The van der Waals surface area contributed by atoms with Crippen molar-refractivity contribution in [1.29, 1.82) is 0 Å². The van der Waals surface area contributed by atoms with Crippen LogP contribution in [0.15, 0.2) is 18.2 Å². The lowest BCUT2D eigenvalue weighted by atomic mass is 9.88. The Hall–Kier alpha value is -0.640. The zero-order chi connectivity index (χ0) is 11.5. The van der Waals surface area contributed by atoms with Gasteiger partial charge < -0.3 is 10.4 Å². The minimum Gasteiger partial charge on any atom is -0.388 e. The lowest BCUT2D eigenvalue weighted by molar-refractivity contribution is 0.0856. The van der Waals surface area contributed by atoms with E-state index in [0.717, 1.165) is 25.9 Å². The lowest BCUT2D eigenvalue weighted by Gasteiger charge is -2.27. The molecule has 4 heteroatoms. The fraction of sp³-hybridized carbons (Fsp3) is 0.500. The van der Waals surface area contributed by atoms with Gasteiger partial charge in [0.15, 0.2) is 0 Å². The van der Waals surface area contributed by atoms with Crippen molar-refractivity contribution >= 4 is 11.6 Å². The Labute approximate surface area is 99.4 Å². The van der Waals surface area contributed by atoms with E-state index in [1.54, 1.807) is 0 Å². The van der Waals surface area contributed by atoms with Gasteiger partial charge in [0.25, 0.3) is 0 Å². The van der Waals surface area contributed by atoms with E-state index in [2.05, 4.69) is 5.32 Å². The zero-order valence-electron chi connectivity index (χ0n) is 8.92. The predicted molar refractivity (Wildman–Crippen MR) is 62.0 cm³/mol. The van der Waals surface area contributed by atoms with Crippen LogP contribution in [-0.4, -0.2) is 18.2 Å². The number of piperidine rings is 1. The van der Waals surface area contributed by atoms with Gasteiger partial charge in [-0.25, -0.2) is 4.39 Å². The molecule has 0 spiro atoms. The van der Waals surface area contributed by atoms with Crippen molar-refractivity contribution < 1.29 is 9.50 Å². The lowest BCUT2D eigenvalue weighted by Crippen LogP contribution is -2.31. The molecule has 0 unspecified atom stereocenters. The van der Waals surface area contributed by atoms with Gasteiger partial charge in [0, 0.05) is 10.6 Å². The Morgan fingerprint density at radius 1 is 1.38 bits per heavy atom. The van der Waals surface area contributed by atoms with Crippen LogP contribution in [0.5, 0.6) is 0 Å². The van der Waals surface area contributed by atoms with Crippen molar-refractivity contribution in [2.45, 2.75) is 18.9 Å². The third kappa shape index (κ3) is 2.54. The Morgan fingerprint density at radius 2 is 2.06 bits per heavy atom. The third-order valence-electron chi connectivity index (χ3n) is 3.11. The van der Waals surface area contributed by atoms with Crippen LogP contribution < -0.4 is 5.32 Å². The maximum absolute atomic E-state index is 13.5. The molecule has 1 fully saturated rings. The average molecular weight is 244 g/mol. The molecule has 1 aromatic carbocycles. The number of aliphatic hydroxyl groups is 1. The van der Waals surface area contributed by atoms with E-state index in [4.69, 9.17) is 11.6 Å². The van der Waals surface area contributed by atoms with Crippen molar-refractivity contribution in [1.82, 2.24) is 5.32 Å². The van der Waals surface area contributed by atoms with Crippen molar-refractivity contribution in [3.05, 3.63) is 34.6 Å². The molecule has 1 heterocycles. The summed E-state index contributed by atoms with van der Waals surface area (Å²) in [5, 5.41) is 13.8. The van der Waals surface area contributed by atoms with Crippen molar-refractivity contribution in [2.75, 3.05) is 13.1 Å². The van der Waals surface area contributed by atoms with Gasteiger partial charge in [-0.15, -0.1) is 0 Å². The molecule has 2 rings (SSSR count). The van der Waals surface area contributed by atoms with Crippen LogP contribution in [0, 0.1) is 11.7 Å². The van der Waals surface area contributed by atoms with Gasteiger partial charge in [-0.05, 0) is 50.0 Å². The molecule has 0 aliphatic carbocycles. The van der Waals surface area contributed by atoms with E-state index >= 15 is 0 Å². The summed E-state index contributed by atoms with van der Waals surface area (Å²) in [5.41, 5.74) is 0.319. The van der Waals surface area contributed by atoms with Crippen LogP contribution in [0.2, 0.25) is 5.02 Å². The summed E-state index contributed by atoms with van der Waals surface area (Å²) < 4.78 is 13.5. The fourth-order valence-corrected chi connectivity index (χ4v) is 2.34. The Morgan fingerprint density at radius 3 is 2.75 bits per heavy atom. The van der Waals surface area contributed by atoms with Gasteiger partial charge >= 0.3 is 0 Å². The zero-order valence-corrected chi connectivity index (χ0v) is 9.67. The number of halogens is 2. The molecule has 1 saturated heterocycles. The second-order valence-corrected chi connectivity index (χ2v) is 4.63. The first-order valence-corrected chi connectivity index (χ1v) is 5.90. The summed E-state index contributed by atoms with van der Waals surface area (Å²) in [7, 11) is 0. The van der Waals surface area contributed by atoms with Crippen LogP contribution in [0.25, 0.3) is 0 Å². The number of aliphatic hydroxyl groups excluding tert-OH is 1. The average Bonchev–Trinajstić information content (AvgIpc) is 2.32. The quantitative estimate of drug-likeness (QED) is 0.837. The number of rotatable bonds is 2. The van der Waals surface area contributed by atoms with Gasteiger partial charge in [-0.3, -0.25) is 0 Å². The molecule has 0 saturated carbocycles. The molecule has 1 aromatic rings.